The van der Waals surface area contributed by atoms with Crippen LogP contribution in [0.2, 0.25) is 0 Å². The summed E-state index contributed by atoms with van der Waals surface area (Å²) in [7, 11) is 1.61. The molecule has 0 aliphatic rings. The van der Waals surface area contributed by atoms with Crippen LogP contribution in [0.15, 0.2) is 42.5 Å². The van der Waals surface area contributed by atoms with Gasteiger partial charge in [0.1, 0.15) is 11.3 Å². The normalized spacial score (nSPS) is 10.8. The van der Waals surface area contributed by atoms with Gasteiger partial charge in [0.15, 0.2) is 0 Å². The monoisotopic (exact) mass is 295 g/mol. The molecule has 0 saturated carbocycles. The molecule has 0 aliphatic carbocycles. The van der Waals surface area contributed by atoms with E-state index in [9.17, 15) is 10.1 Å². The van der Waals surface area contributed by atoms with E-state index in [0.29, 0.717) is 11.9 Å². The van der Waals surface area contributed by atoms with Gasteiger partial charge in [0.05, 0.1) is 12.0 Å². The van der Waals surface area contributed by atoms with E-state index in [4.69, 9.17) is 4.74 Å². The Hall–Kier alpha value is -2.82. The predicted molar refractivity (Wildman–Crippen MR) is 86.0 cm³/mol. The molecule has 5 nitrogen and oxygen atoms in total. The number of methoxy groups -OCH3 is 1. The Labute approximate surface area is 127 Å². The fourth-order valence-corrected chi connectivity index (χ4v) is 2.59. The second-order valence-electron chi connectivity index (χ2n) is 4.95. The van der Waals surface area contributed by atoms with Crippen molar-refractivity contribution in [3.8, 4) is 16.9 Å². The SMILES string of the molecule is [CH2]Cc1cc2c(-c3cccc(OC)c3)ccc([N+](=O)[O-])c2[nH]1. The number of aromatic nitrogens is 1. The Bertz CT molecular complexity index is 852. The molecular formula is C17H15N2O3. The lowest BCUT2D eigenvalue weighted by Crippen LogP contribution is -1.91. The van der Waals surface area contributed by atoms with Crippen molar-refractivity contribution in [1.29, 1.82) is 0 Å². The number of nitrogens with one attached hydrogen (secondary N) is 1. The molecule has 0 bridgehead atoms. The summed E-state index contributed by atoms with van der Waals surface area (Å²) in [6.45, 7) is 3.83. The van der Waals surface area contributed by atoms with Crippen LogP contribution in [0.25, 0.3) is 22.0 Å². The number of nitro benzene ring substituents is 1. The fraction of sp³-hybridized carbons (Fsp3) is 0.118. The topological polar surface area (TPSA) is 68.2 Å². The van der Waals surface area contributed by atoms with Crippen LogP contribution in [-0.2, 0) is 6.42 Å². The van der Waals surface area contributed by atoms with Gasteiger partial charge in [-0.05, 0) is 48.7 Å². The van der Waals surface area contributed by atoms with Gasteiger partial charge in [0.2, 0.25) is 0 Å². The van der Waals surface area contributed by atoms with E-state index in [0.717, 1.165) is 28.0 Å². The first kappa shape index (κ1) is 14.1. The number of hydrogen-bond acceptors (Lipinski definition) is 3. The largest absolute Gasteiger partial charge is 0.497 e. The number of fused-ring (bicyclic) bond motifs is 1. The lowest BCUT2D eigenvalue weighted by Gasteiger charge is -2.06. The van der Waals surface area contributed by atoms with E-state index in [1.807, 2.05) is 30.3 Å². The molecule has 2 aromatic carbocycles. The van der Waals surface area contributed by atoms with Crippen molar-refractivity contribution in [2.75, 3.05) is 7.11 Å². The van der Waals surface area contributed by atoms with Crippen LogP contribution in [0.4, 0.5) is 5.69 Å². The first-order chi connectivity index (χ1) is 10.6. The first-order valence-electron chi connectivity index (χ1n) is 6.86. The smallest absolute Gasteiger partial charge is 0.293 e. The second kappa shape index (κ2) is 5.52. The molecule has 5 heteroatoms. The Morgan fingerprint density at radius 2 is 2.09 bits per heavy atom. The molecule has 0 unspecified atom stereocenters. The summed E-state index contributed by atoms with van der Waals surface area (Å²) < 4.78 is 5.25. The molecule has 3 aromatic rings. The Morgan fingerprint density at radius 3 is 2.77 bits per heavy atom. The Morgan fingerprint density at radius 1 is 1.27 bits per heavy atom. The minimum atomic E-state index is -0.374. The minimum absolute atomic E-state index is 0.0707. The molecule has 0 fully saturated rings. The van der Waals surface area contributed by atoms with Crippen LogP contribution >= 0.6 is 0 Å². The van der Waals surface area contributed by atoms with E-state index < -0.39 is 0 Å². The molecule has 1 heterocycles. The zero-order valence-electron chi connectivity index (χ0n) is 12.1. The molecule has 0 amide bonds. The number of nitro groups is 1. The van der Waals surface area contributed by atoms with Crippen molar-refractivity contribution in [1.82, 2.24) is 4.98 Å². The zero-order valence-corrected chi connectivity index (χ0v) is 12.1. The van der Waals surface area contributed by atoms with Gasteiger partial charge >= 0.3 is 0 Å². The van der Waals surface area contributed by atoms with E-state index in [1.54, 1.807) is 13.2 Å². The number of ether oxygens (including phenoxy) is 1. The number of non-ortho nitro benzene ring substituents is 1. The van der Waals surface area contributed by atoms with E-state index in [-0.39, 0.29) is 10.6 Å². The predicted octanol–water partition coefficient (Wildman–Crippen LogP) is 4.13. The van der Waals surface area contributed by atoms with Crippen LogP contribution in [0.5, 0.6) is 5.75 Å². The second-order valence-corrected chi connectivity index (χ2v) is 4.95. The molecule has 111 valence electrons. The van der Waals surface area contributed by atoms with E-state index in [2.05, 4.69) is 11.9 Å². The Kier molecular flexibility index (Phi) is 3.55. The molecule has 22 heavy (non-hydrogen) atoms. The molecule has 1 radical (unpaired) electrons. The van der Waals surface area contributed by atoms with Gasteiger partial charge in [-0.15, -0.1) is 0 Å². The molecule has 0 aliphatic heterocycles. The maximum Gasteiger partial charge on any atom is 0.293 e. The van der Waals surface area contributed by atoms with E-state index in [1.165, 1.54) is 6.07 Å². The number of H-pyrrole nitrogens is 1. The highest BCUT2D eigenvalue weighted by molar-refractivity contribution is 6.00. The number of hydrogen-bond donors (Lipinski definition) is 1. The van der Waals surface area contributed by atoms with Crippen molar-refractivity contribution in [2.45, 2.75) is 6.42 Å². The first-order valence-corrected chi connectivity index (χ1v) is 6.86. The van der Waals surface area contributed by atoms with Gasteiger partial charge < -0.3 is 9.72 Å². The third-order valence-electron chi connectivity index (χ3n) is 3.67. The highest BCUT2D eigenvalue weighted by Crippen LogP contribution is 2.35. The quantitative estimate of drug-likeness (QED) is 0.581. The summed E-state index contributed by atoms with van der Waals surface area (Å²) in [6, 6.07) is 12.9. The number of benzene rings is 2. The summed E-state index contributed by atoms with van der Waals surface area (Å²) in [6.07, 6.45) is 0.545. The number of aromatic amines is 1. The molecule has 0 spiro atoms. The van der Waals surface area contributed by atoms with Crippen molar-refractivity contribution in [2.24, 2.45) is 0 Å². The fourth-order valence-electron chi connectivity index (χ4n) is 2.59. The van der Waals surface area contributed by atoms with Gasteiger partial charge in [0, 0.05) is 17.1 Å². The average Bonchev–Trinajstić information content (AvgIpc) is 2.97. The minimum Gasteiger partial charge on any atom is -0.497 e. The van der Waals surface area contributed by atoms with Crippen molar-refractivity contribution in [3.63, 3.8) is 0 Å². The number of rotatable bonds is 4. The molecule has 3 rings (SSSR count). The lowest BCUT2D eigenvalue weighted by atomic mass is 10.0. The molecule has 1 aromatic heterocycles. The zero-order chi connectivity index (χ0) is 15.7. The maximum atomic E-state index is 11.2. The molecule has 1 N–H and O–H groups in total. The van der Waals surface area contributed by atoms with Crippen LogP contribution in [0.3, 0.4) is 0 Å². The average molecular weight is 295 g/mol. The van der Waals surface area contributed by atoms with Crippen LogP contribution < -0.4 is 4.74 Å². The van der Waals surface area contributed by atoms with Gasteiger partial charge in [-0.25, -0.2) is 0 Å². The summed E-state index contributed by atoms with van der Waals surface area (Å²) >= 11 is 0. The molecule has 0 atom stereocenters. The van der Waals surface area contributed by atoms with Gasteiger partial charge in [-0.2, -0.15) is 0 Å². The van der Waals surface area contributed by atoms with Crippen LogP contribution in [0.1, 0.15) is 5.69 Å². The van der Waals surface area contributed by atoms with Crippen molar-refractivity contribution < 1.29 is 9.66 Å². The van der Waals surface area contributed by atoms with Crippen LogP contribution in [0, 0.1) is 17.0 Å². The van der Waals surface area contributed by atoms with Crippen LogP contribution in [-0.4, -0.2) is 17.0 Å². The summed E-state index contributed by atoms with van der Waals surface area (Å²) in [4.78, 5) is 13.9. The van der Waals surface area contributed by atoms with Crippen molar-refractivity contribution >= 4 is 16.6 Å². The maximum absolute atomic E-state index is 11.2. The standard InChI is InChI=1S/C17H15N2O3/c1-3-12-10-15-14(11-5-4-6-13(9-11)22-2)7-8-16(19(20)21)17(15)18-12/h4-10,18H,1,3H2,2H3. The van der Waals surface area contributed by atoms with Gasteiger partial charge in [-0.3, -0.25) is 10.1 Å². The van der Waals surface area contributed by atoms with Gasteiger partial charge in [-0.1, -0.05) is 12.1 Å². The summed E-state index contributed by atoms with van der Waals surface area (Å²) in [5.41, 5.74) is 3.35. The van der Waals surface area contributed by atoms with Gasteiger partial charge in [0.25, 0.3) is 5.69 Å². The van der Waals surface area contributed by atoms with E-state index >= 15 is 0 Å². The lowest BCUT2D eigenvalue weighted by molar-refractivity contribution is -0.383. The molecular weight excluding hydrogens is 280 g/mol. The third kappa shape index (κ3) is 2.30. The molecule has 0 saturated heterocycles. The Balaban J connectivity index is 2.28. The van der Waals surface area contributed by atoms with Crippen molar-refractivity contribution in [3.05, 3.63) is 65.2 Å². The summed E-state index contributed by atoms with van der Waals surface area (Å²) in [5, 5.41) is 12.0. The third-order valence-corrected chi connectivity index (χ3v) is 3.67. The highest BCUT2D eigenvalue weighted by Gasteiger charge is 2.17. The highest BCUT2D eigenvalue weighted by atomic mass is 16.6. The number of nitrogens with zero attached hydrogens (tertiary/aromatic N) is 1. The summed E-state index contributed by atoms with van der Waals surface area (Å²) in [5.74, 6) is 0.747.